The molecule has 4 nitrogen and oxygen atoms in total. The standard InChI is InChI=1S/C11H12F2N2O2/c12-7-1-2-9(8(13)5-7)15-11(16)10-6-17-4-3-14-10/h1-2,5,10,14H,3-4,6H2,(H,15,16). The average molecular weight is 242 g/mol. The molecule has 0 aromatic heterocycles. The van der Waals surface area contributed by atoms with Crippen molar-refractivity contribution >= 4 is 11.6 Å². The molecule has 1 amide bonds. The van der Waals surface area contributed by atoms with Gasteiger partial charge in [-0.25, -0.2) is 8.78 Å². The van der Waals surface area contributed by atoms with Gasteiger partial charge in [0.15, 0.2) is 0 Å². The van der Waals surface area contributed by atoms with Gasteiger partial charge in [0, 0.05) is 12.6 Å². The molecule has 2 rings (SSSR count). The number of rotatable bonds is 2. The predicted octanol–water partition coefficient (Wildman–Crippen LogP) is 0.892. The van der Waals surface area contributed by atoms with Crippen LogP contribution in [0.4, 0.5) is 14.5 Å². The van der Waals surface area contributed by atoms with Crippen molar-refractivity contribution in [2.45, 2.75) is 6.04 Å². The van der Waals surface area contributed by atoms with Crippen LogP contribution in [-0.2, 0) is 9.53 Å². The van der Waals surface area contributed by atoms with Crippen LogP contribution in [0.1, 0.15) is 0 Å². The number of halogens is 2. The summed E-state index contributed by atoms with van der Waals surface area (Å²) in [5.41, 5.74) is -0.0382. The number of morpholine rings is 1. The number of anilines is 1. The molecule has 1 atom stereocenters. The van der Waals surface area contributed by atoms with E-state index in [4.69, 9.17) is 4.74 Å². The van der Waals surface area contributed by atoms with Gasteiger partial charge < -0.3 is 15.4 Å². The molecule has 0 radical (unpaired) electrons. The Kier molecular flexibility index (Phi) is 3.65. The van der Waals surface area contributed by atoms with E-state index in [1.54, 1.807) is 0 Å². The van der Waals surface area contributed by atoms with Crippen LogP contribution in [0.5, 0.6) is 0 Å². The van der Waals surface area contributed by atoms with E-state index in [-0.39, 0.29) is 12.3 Å². The van der Waals surface area contributed by atoms with Crippen molar-refractivity contribution in [1.29, 1.82) is 0 Å². The van der Waals surface area contributed by atoms with Crippen LogP contribution in [0.15, 0.2) is 18.2 Å². The summed E-state index contributed by atoms with van der Waals surface area (Å²) in [7, 11) is 0. The topological polar surface area (TPSA) is 50.4 Å². The van der Waals surface area contributed by atoms with E-state index in [1.165, 1.54) is 6.07 Å². The van der Waals surface area contributed by atoms with Crippen LogP contribution in [0.3, 0.4) is 0 Å². The Balaban J connectivity index is 2.02. The Morgan fingerprint density at radius 2 is 2.29 bits per heavy atom. The van der Waals surface area contributed by atoms with Crippen LogP contribution >= 0.6 is 0 Å². The van der Waals surface area contributed by atoms with Crippen LogP contribution in [0.25, 0.3) is 0 Å². The van der Waals surface area contributed by atoms with E-state index in [0.717, 1.165) is 12.1 Å². The first-order valence-corrected chi connectivity index (χ1v) is 5.24. The average Bonchev–Trinajstić information content (AvgIpc) is 2.34. The molecule has 2 N–H and O–H groups in total. The van der Waals surface area contributed by atoms with Gasteiger partial charge in [0.1, 0.15) is 17.7 Å². The molecule has 1 saturated heterocycles. The van der Waals surface area contributed by atoms with Gasteiger partial charge in [0.05, 0.1) is 18.9 Å². The molecule has 1 fully saturated rings. The van der Waals surface area contributed by atoms with Crippen molar-refractivity contribution in [2.24, 2.45) is 0 Å². The highest BCUT2D eigenvalue weighted by Crippen LogP contribution is 2.15. The van der Waals surface area contributed by atoms with Gasteiger partial charge in [-0.1, -0.05) is 0 Å². The molecule has 0 saturated carbocycles. The maximum atomic E-state index is 13.3. The molecule has 92 valence electrons. The smallest absolute Gasteiger partial charge is 0.243 e. The van der Waals surface area contributed by atoms with Crippen molar-refractivity contribution in [1.82, 2.24) is 5.32 Å². The lowest BCUT2D eigenvalue weighted by Gasteiger charge is -2.22. The van der Waals surface area contributed by atoms with Crippen LogP contribution in [-0.4, -0.2) is 31.7 Å². The first-order chi connectivity index (χ1) is 8.16. The number of nitrogens with one attached hydrogen (secondary N) is 2. The number of carbonyl (C=O) groups excluding carboxylic acids is 1. The molecule has 1 aromatic carbocycles. The van der Waals surface area contributed by atoms with Crippen molar-refractivity contribution in [3.63, 3.8) is 0 Å². The monoisotopic (exact) mass is 242 g/mol. The van der Waals surface area contributed by atoms with Crippen LogP contribution in [0.2, 0.25) is 0 Å². The van der Waals surface area contributed by atoms with Gasteiger partial charge in [0.25, 0.3) is 0 Å². The summed E-state index contributed by atoms with van der Waals surface area (Å²) in [4.78, 5) is 11.7. The SMILES string of the molecule is O=C(Nc1ccc(F)cc1F)C1COCCN1. The summed E-state index contributed by atoms with van der Waals surface area (Å²) in [5, 5.41) is 5.32. The van der Waals surface area contributed by atoms with Crippen molar-refractivity contribution < 1.29 is 18.3 Å². The van der Waals surface area contributed by atoms with E-state index in [9.17, 15) is 13.6 Å². The van der Waals surface area contributed by atoms with E-state index < -0.39 is 23.6 Å². The zero-order chi connectivity index (χ0) is 12.3. The number of ether oxygens (including phenoxy) is 1. The second kappa shape index (κ2) is 5.20. The largest absolute Gasteiger partial charge is 0.378 e. The zero-order valence-electron chi connectivity index (χ0n) is 9.00. The number of hydrogen-bond donors (Lipinski definition) is 2. The van der Waals surface area contributed by atoms with E-state index >= 15 is 0 Å². The highest BCUT2D eigenvalue weighted by atomic mass is 19.1. The summed E-state index contributed by atoms with van der Waals surface area (Å²) in [6.07, 6.45) is 0. The highest BCUT2D eigenvalue weighted by Gasteiger charge is 2.21. The molecule has 17 heavy (non-hydrogen) atoms. The molecule has 1 aromatic rings. The molecule has 0 spiro atoms. The minimum absolute atomic E-state index is 0.0382. The van der Waals surface area contributed by atoms with Gasteiger partial charge >= 0.3 is 0 Å². The van der Waals surface area contributed by atoms with E-state index in [0.29, 0.717) is 13.2 Å². The van der Waals surface area contributed by atoms with E-state index in [1.807, 2.05) is 0 Å². The van der Waals surface area contributed by atoms with Gasteiger partial charge in [-0.2, -0.15) is 0 Å². The fourth-order valence-corrected chi connectivity index (χ4v) is 1.54. The Labute approximate surface area is 97.0 Å². The third-order valence-corrected chi connectivity index (χ3v) is 2.43. The molecular formula is C11H12F2N2O2. The Morgan fingerprint density at radius 3 is 2.94 bits per heavy atom. The summed E-state index contributed by atoms with van der Waals surface area (Å²) < 4.78 is 31.0. The molecular weight excluding hydrogens is 230 g/mol. The van der Waals surface area contributed by atoms with Crippen molar-refractivity contribution in [3.8, 4) is 0 Å². The lowest BCUT2D eigenvalue weighted by Crippen LogP contribution is -2.48. The second-order valence-corrected chi connectivity index (χ2v) is 3.70. The zero-order valence-corrected chi connectivity index (χ0v) is 9.00. The Bertz CT molecular complexity index is 420. The molecule has 1 unspecified atom stereocenters. The minimum Gasteiger partial charge on any atom is -0.378 e. The van der Waals surface area contributed by atoms with Crippen molar-refractivity contribution in [3.05, 3.63) is 29.8 Å². The normalized spacial score (nSPS) is 20.0. The summed E-state index contributed by atoms with van der Waals surface area (Å²) in [6, 6.07) is 2.49. The maximum Gasteiger partial charge on any atom is 0.243 e. The van der Waals surface area contributed by atoms with Crippen LogP contribution in [0, 0.1) is 11.6 Å². The first kappa shape index (κ1) is 11.9. The molecule has 0 aliphatic carbocycles. The summed E-state index contributed by atoms with van der Waals surface area (Å²) in [5.74, 6) is -1.87. The number of carbonyl (C=O) groups is 1. The van der Waals surface area contributed by atoms with Gasteiger partial charge in [-0.3, -0.25) is 4.79 Å². The van der Waals surface area contributed by atoms with E-state index in [2.05, 4.69) is 10.6 Å². The molecule has 1 aliphatic rings. The Hall–Kier alpha value is -1.53. The highest BCUT2D eigenvalue weighted by molar-refractivity contribution is 5.95. The fourth-order valence-electron chi connectivity index (χ4n) is 1.54. The Morgan fingerprint density at radius 1 is 1.47 bits per heavy atom. The lowest BCUT2D eigenvalue weighted by molar-refractivity contribution is -0.120. The number of amides is 1. The minimum atomic E-state index is -0.796. The molecule has 0 bridgehead atoms. The van der Waals surface area contributed by atoms with Crippen molar-refractivity contribution in [2.75, 3.05) is 25.1 Å². The fraction of sp³-hybridized carbons (Fsp3) is 0.364. The van der Waals surface area contributed by atoms with Gasteiger partial charge in [-0.05, 0) is 12.1 Å². The molecule has 6 heteroatoms. The van der Waals surface area contributed by atoms with Gasteiger partial charge in [0.2, 0.25) is 5.91 Å². The number of hydrogen-bond acceptors (Lipinski definition) is 3. The summed E-state index contributed by atoms with van der Waals surface area (Å²) >= 11 is 0. The molecule has 1 heterocycles. The molecule has 1 aliphatic heterocycles. The maximum absolute atomic E-state index is 13.3. The second-order valence-electron chi connectivity index (χ2n) is 3.70. The quantitative estimate of drug-likeness (QED) is 0.809. The van der Waals surface area contributed by atoms with Gasteiger partial charge in [-0.15, -0.1) is 0 Å². The third-order valence-electron chi connectivity index (χ3n) is 2.43. The summed E-state index contributed by atoms with van der Waals surface area (Å²) in [6.45, 7) is 1.37. The lowest BCUT2D eigenvalue weighted by atomic mass is 10.2. The number of benzene rings is 1. The van der Waals surface area contributed by atoms with Crippen LogP contribution < -0.4 is 10.6 Å². The third kappa shape index (κ3) is 2.98. The predicted molar refractivity (Wildman–Crippen MR) is 57.6 cm³/mol. The first-order valence-electron chi connectivity index (χ1n) is 5.24.